The first-order valence-electron chi connectivity index (χ1n) is 8.66. The van der Waals surface area contributed by atoms with E-state index in [-0.39, 0.29) is 17.7 Å². The average molecular weight is 460 g/mol. The molecule has 0 radical (unpaired) electrons. The molecule has 152 valence electrons. The molecular formula is C20H14ClN3O4S2. The van der Waals surface area contributed by atoms with Crippen LogP contribution in [-0.2, 0) is 16.1 Å². The molecule has 7 nitrogen and oxygen atoms in total. The number of carbonyl (C=O) groups excluding carboxylic acids is 2. The molecule has 4 aromatic rings. The zero-order chi connectivity index (χ0) is 21.3. The van der Waals surface area contributed by atoms with E-state index in [1.807, 2.05) is 0 Å². The molecule has 0 aliphatic rings. The number of ether oxygens (including phenoxy) is 1. The van der Waals surface area contributed by atoms with Gasteiger partial charge in [-0.25, -0.2) is 9.78 Å². The number of methoxy groups -OCH3 is 1. The van der Waals surface area contributed by atoms with Crippen LogP contribution in [0.25, 0.3) is 21.3 Å². The smallest absolute Gasteiger partial charge is 0.341 e. The molecule has 10 heteroatoms. The zero-order valence-corrected chi connectivity index (χ0v) is 17.9. The van der Waals surface area contributed by atoms with Gasteiger partial charge in [-0.15, -0.1) is 22.7 Å². The molecular weight excluding hydrogens is 446 g/mol. The highest BCUT2D eigenvalue weighted by molar-refractivity contribution is 7.17. The molecule has 3 heterocycles. The number of halogens is 1. The minimum atomic E-state index is -0.597. The van der Waals surface area contributed by atoms with Gasteiger partial charge in [0.05, 0.1) is 19.0 Å². The van der Waals surface area contributed by atoms with Gasteiger partial charge >= 0.3 is 5.97 Å². The maximum atomic E-state index is 12.6. The SMILES string of the molecule is COC(=O)c1c(-c2ccccc2Cl)csc1NC(=O)Cn1cnc2ccsc2c1=O. The summed E-state index contributed by atoms with van der Waals surface area (Å²) in [5, 5.41) is 7.00. The topological polar surface area (TPSA) is 90.3 Å². The van der Waals surface area contributed by atoms with Crippen LogP contribution >= 0.6 is 34.3 Å². The van der Waals surface area contributed by atoms with E-state index < -0.39 is 11.9 Å². The van der Waals surface area contributed by atoms with Crippen LogP contribution < -0.4 is 10.9 Å². The molecule has 0 saturated heterocycles. The van der Waals surface area contributed by atoms with Crippen molar-refractivity contribution in [3.8, 4) is 11.1 Å². The Morgan fingerprint density at radius 3 is 2.77 bits per heavy atom. The van der Waals surface area contributed by atoms with Crippen LogP contribution in [0.1, 0.15) is 10.4 Å². The van der Waals surface area contributed by atoms with Crippen LogP contribution in [0.5, 0.6) is 0 Å². The van der Waals surface area contributed by atoms with Gasteiger partial charge in [0.2, 0.25) is 5.91 Å². The lowest BCUT2D eigenvalue weighted by molar-refractivity contribution is -0.116. The monoisotopic (exact) mass is 459 g/mol. The second kappa shape index (κ2) is 8.39. The quantitative estimate of drug-likeness (QED) is 0.450. The average Bonchev–Trinajstić information content (AvgIpc) is 3.37. The Balaban J connectivity index is 1.64. The molecule has 4 rings (SSSR count). The molecule has 0 saturated carbocycles. The summed E-state index contributed by atoms with van der Waals surface area (Å²) >= 11 is 8.73. The molecule has 0 bridgehead atoms. The zero-order valence-electron chi connectivity index (χ0n) is 15.5. The summed E-state index contributed by atoms with van der Waals surface area (Å²) in [5.74, 6) is -1.06. The molecule has 0 unspecified atom stereocenters. The second-order valence-electron chi connectivity index (χ2n) is 6.19. The van der Waals surface area contributed by atoms with E-state index in [9.17, 15) is 14.4 Å². The van der Waals surface area contributed by atoms with Gasteiger partial charge < -0.3 is 10.1 Å². The third kappa shape index (κ3) is 3.74. The van der Waals surface area contributed by atoms with Crippen molar-refractivity contribution in [1.82, 2.24) is 9.55 Å². The molecule has 0 spiro atoms. The number of hydrogen-bond acceptors (Lipinski definition) is 7. The van der Waals surface area contributed by atoms with Crippen molar-refractivity contribution in [3.05, 3.63) is 68.4 Å². The molecule has 0 aliphatic carbocycles. The van der Waals surface area contributed by atoms with E-state index in [0.29, 0.717) is 31.4 Å². The predicted octanol–water partition coefficient (Wildman–Crippen LogP) is 4.27. The highest BCUT2D eigenvalue weighted by atomic mass is 35.5. The van der Waals surface area contributed by atoms with Crippen molar-refractivity contribution >= 4 is 61.4 Å². The maximum Gasteiger partial charge on any atom is 0.341 e. The lowest BCUT2D eigenvalue weighted by Gasteiger charge is -2.09. The normalized spacial score (nSPS) is 10.9. The number of hydrogen-bond donors (Lipinski definition) is 1. The first kappa shape index (κ1) is 20.3. The summed E-state index contributed by atoms with van der Waals surface area (Å²) in [7, 11) is 1.27. The summed E-state index contributed by atoms with van der Waals surface area (Å²) in [6, 6.07) is 8.83. The number of thiophene rings is 2. The number of aromatic nitrogens is 2. The second-order valence-corrected chi connectivity index (χ2v) is 8.39. The van der Waals surface area contributed by atoms with E-state index in [1.165, 1.54) is 40.7 Å². The summed E-state index contributed by atoms with van der Waals surface area (Å²) in [4.78, 5) is 41.7. The Morgan fingerprint density at radius 1 is 1.20 bits per heavy atom. The Kier molecular flexibility index (Phi) is 5.67. The number of carbonyl (C=O) groups is 2. The van der Waals surface area contributed by atoms with E-state index in [2.05, 4.69) is 10.3 Å². The van der Waals surface area contributed by atoms with Crippen molar-refractivity contribution in [2.24, 2.45) is 0 Å². The van der Waals surface area contributed by atoms with Crippen LogP contribution in [0.2, 0.25) is 5.02 Å². The van der Waals surface area contributed by atoms with E-state index in [1.54, 1.807) is 41.1 Å². The fraction of sp³-hybridized carbons (Fsp3) is 0.100. The number of amides is 1. The summed E-state index contributed by atoms with van der Waals surface area (Å²) in [6.45, 7) is -0.236. The van der Waals surface area contributed by atoms with E-state index in [4.69, 9.17) is 16.3 Å². The standard InChI is InChI=1S/C20H14ClN3O4S2/c1-28-20(27)16-12(11-4-2-3-5-13(11)21)9-30-18(16)23-15(25)8-24-10-22-14-6-7-29-17(14)19(24)26/h2-7,9-10H,8H2,1H3,(H,23,25). The van der Waals surface area contributed by atoms with Crippen LogP contribution in [0, 0.1) is 0 Å². The number of anilines is 1. The van der Waals surface area contributed by atoms with Gasteiger partial charge in [-0.1, -0.05) is 29.8 Å². The minimum absolute atomic E-state index is 0.211. The maximum absolute atomic E-state index is 12.6. The third-order valence-electron chi connectivity index (χ3n) is 4.35. The first-order valence-corrected chi connectivity index (χ1v) is 10.8. The minimum Gasteiger partial charge on any atom is -0.465 e. The van der Waals surface area contributed by atoms with Gasteiger partial charge in [0.15, 0.2) is 0 Å². The van der Waals surface area contributed by atoms with Crippen molar-refractivity contribution in [2.75, 3.05) is 12.4 Å². The van der Waals surface area contributed by atoms with Gasteiger partial charge in [0, 0.05) is 21.5 Å². The molecule has 0 aliphatic heterocycles. The van der Waals surface area contributed by atoms with Crippen molar-refractivity contribution in [3.63, 3.8) is 0 Å². The van der Waals surface area contributed by atoms with E-state index in [0.717, 1.165) is 0 Å². The molecule has 3 aromatic heterocycles. The number of fused-ring (bicyclic) bond motifs is 1. The number of rotatable bonds is 5. The Hall–Kier alpha value is -3.01. The van der Waals surface area contributed by atoms with Crippen LogP contribution in [0.3, 0.4) is 0 Å². The van der Waals surface area contributed by atoms with Crippen molar-refractivity contribution in [2.45, 2.75) is 6.54 Å². The summed E-state index contributed by atoms with van der Waals surface area (Å²) in [6.07, 6.45) is 1.34. The van der Waals surface area contributed by atoms with Crippen LogP contribution in [-0.4, -0.2) is 28.5 Å². The number of nitrogens with one attached hydrogen (secondary N) is 1. The fourth-order valence-corrected chi connectivity index (χ4v) is 4.94. The summed E-state index contributed by atoms with van der Waals surface area (Å²) < 4.78 is 6.62. The lowest BCUT2D eigenvalue weighted by Crippen LogP contribution is -2.27. The Morgan fingerprint density at radius 2 is 2.00 bits per heavy atom. The van der Waals surface area contributed by atoms with Gasteiger partial charge in [0.25, 0.3) is 5.56 Å². The van der Waals surface area contributed by atoms with Crippen molar-refractivity contribution in [1.29, 1.82) is 0 Å². The Bertz CT molecular complexity index is 1330. The van der Waals surface area contributed by atoms with E-state index >= 15 is 0 Å². The lowest BCUT2D eigenvalue weighted by atomic mass is 10.0. The molecule has 1 aromatic carbocycles. The number of benzene rings is 1. The molecule has 0 atom stereocenters. The van der Waals surface area contributed by atoms with Crippen LogP contribution in [0.4, 0.5) is 5.00 Å². The molecule has 30 heavy (non-hydrogen) atoms. The first-order chi connectivity index (χ1) is 14.5. The summed E-state index contributed by atoms with van der Waals surface area (Å²) in [5.41, 5.74) is 1.73. The highest BCUT2D eigenvalue weighted by Crippen LogP contribution is 2.39. The highest BCUT2D eigenvalue weighted by Gasteiger charge is 2.23. The van der Waals surface area contributed by atoms with Crippen LogP contribution in [0.15, 0.2) is 52.2 Å². The van der Waals surface area contributed by atoms with Gasteiger partial charge in [-0.05, 0) is 17.5 Å². The predicted molar refractivity (Wildman–Crippen MR) is 119 cm³/mol. The molecule has 1 N–H and O–H groups in total. The third-order valence-corrected chi connectivity index (χ3v) is 6.46. The molecule has 0 fully saturated rings. The van der Waals surface area contributed by atoms with Gasteiger partial charge in [-0.3, -0.25) is 14.2 Å². The van der Waals surface area contributed by atoms with Gasteiger partial charge in [0.1, 0.15) is 21.8 Å². The largest absolute Gasteiger partial charge is 0.465 e. The Labute approximate surface area is 183 Å². The van der Waals surface area contributed by atoms with Crippen molar-refractivity contribution < 1.29 is 14.3 Å². The fourth-order valence-electron chi connectivity index (χ4n) is 2.94. The van der Waals surface area contributed by atoms with Gasteiger partial charge in [-0.2, -0.15) is 0 Å². The number of nitrogens with zero attached hydrogens (tertiary/aromatic N) is 2. The number of esters is 1. The molecule has 1 amide bonds.